The van der Waals surface area contributed by atoms with Crippen LogP contribution in [0.3, 0.4) is 0 Å². The zero-order chi connectivity index (χ0) is 7.82. The average molecular weight is 143 g/mol. The van der Waals surface area contributed by atoms with Crippen LogP contribution in [0.1, 0.15) is 33.1 Å². The van der Waals surface area contributed by atoms with E-state index in [-0.39, 0.29) is 5.97 Å². The molecule has 0 heterocycles. The van der Waals surface area contributed by atoms with Gasteiger partial charge >= 0.3 is 5.97 Å². The lowest BCUT2D eigenvalue weighted by molar-refractivity contribution is -0.143. The van der Waals surface area contributed by atoms with Gasteiger partial charge in [-0.3, -0.25) is 4.79 Å². The van der Waals surface area contributed by atoms with Gasteiger partial charge in [-0.1, -0.05) is 13.3 Å². The smallest absolute Gasteiger partial charge is 0.305 e. The molecular weight excluding hydrogens is 128 g/mol. The molecular formula is C8H15O2. The molecule has 0 unspecified atom stereocenters. The van der Waals surface area contributed by atoms with Crippen molar-refractivity contribution < 1.29 is 9.53 Å². The first-order valence-corrected chi connectivity index (χ1v) is 3.78. The van der Waals surface area contributed by atoms with Crippen LogP contribution < -0.4 is 0 Å². The van der Waals surface area contributed by atoms with Gasteiger partial charge in [-0.2, -0.15) is 0 Å². The minimum Gasteiger partial charge on any atom is -0.466 e. The highest BCUT2D eigenvalue weighted by molar-refractivity contribution is 5.69. The number of esters is 1. The van der Waals surface area contributed by atoms with Crippen LogP contribution in [0.5, 0.6) is 0 Å². The average Bonchev–Trinajstić information content (AvgIpc) is 1.89. The standard InChI is InChI=1S/C8H15O2/c1-3-5-6-7-8(9)10-4-2/h5H,3-4,6-7H2,1-2H3. The second-order valence-electron chi connectivity index (χ2n) is 2.04. The Hall–Kier alpha value is -0.530. The van der Waals surface area contributed by atoms with Gasteiger partial charge < -0.3 is 4.74 Å². The summed E-state index contributed by atoms with van der Waals surface area (Å²) in [4.78, 5) is 10.7. The molecule has 0 aliphatic rings. The molecule has 0 atom stereocenters. The summed E-state index contributed by atoms with van der Waals surface area (Å²) in [5, 5.41) is 0. The van der Waals surface area contributed by atoms with Crippen LogP contribution in [-0.2, 0) is 9.53 Å². The molecule has 2 nitrogen and oxygen atoms in total. The number of carbonyl (C=O) groups is 1. The van der Waals surface area contributed by atoms with Gasteiger partial charge in [0.1, 0.15) is 0 Å². The van der Waals surface area contributed by atoms with E-state index in [0.29, 0.717) is 13.0 Å². The van der Waals surface area contributed by atoms with Crippen molar-refractivity contribution in [3.63, 3.8) is 0 Å². The van der Waals surface area contributed by atoms with Crippen molar-refractivity contribution in [2.24, 2.45) is 0 Å². The number of hydrogen-bond donors (Lipinski definition) is 0. The van der Waals surface area contributed by atoms with Crippen LogP contribution >= 0.6 is 0 Å². The predicted molar refractivity (Wildman–Crippen MR) is 40.5 cm³/mol. The van der Waals surface area contributed by atoms with Gasteiger partial charge in [0.2, 0.25) is 0 Å². The van der Waals surface area contributed by atoms with Gasteiger partial charge in [0.05, 0.1) is 6.61 Å². The van der Waals surface area contributed by atoms with Gasteiger partial charge in [0.25, 0.3) is 0 Å². The summed E-state index contributed by atoms with van der Waals surface area (Å²) in [6, 6.07) is 0. The molecule has 2 heteroatoms. The molecule has 0 aromatic rings. The zero-order valence-electron chi connectivity index (χ0n) is 6.72. The number of rotatable bonds is 5. The molecule has 1 radical (unpaired) electrons. The van der Waals surface area contributed by atoms with Crippen molar-refractivity contribution >= 4 is 5.97 Å². The van der Waals surface area contributed by atoms with Crippen molar-refractivity contribution in [3.05, 3.63) is 6.42 Å². The quantitative estimate of drug-likeness (QED) is 0.434. The third-order valence-electron chi connectivity index (χ3n) is 1.15. The van der Waals surface area contributed by atoms with Crippen molar-refractivity contribution in [1.29, 1.82) is 0 Å². The lowest BCUT2D eigenvalue weighted by Gasteiger charge is -1.98. The fraction of sp³-hybridized carbons (Fsp3) is 0.750. The molecule has 0 aliphatic carbocycles. The third-order valence-corrected chi connectivity index (χ3v) is 1.15. The Balaban J connectivity index is 3.05. The molecule has 0 rings (SSSR count). The molecule has 0 aromatic heterocycles. The fourth-order valence-electron chi connectivity index (χ4n) is 0.657. The van der Waals surface area contributed by atoms with Crippen LogP contribution in [0.4, 0.5) is 0 Å². The monoisotopic (exact) mass is 143 g/mol. The van der Waals surface area contributed by atoms with Crippen LogP contribution in [0.25, 0.3) is 0 Å². The second-order valence-corrected chi connectivity index (χ2v) is 2.04. The van der Waals surface area contributed by atoms with E-state index in [9.17, 15) is 4.79 Å². The van der Waals surface area contributed by atoms with Crippen LogP contribution in [0.15, 0.2) is 0 Å². The molecule has 0 fully saturated rings. The summed E-state index contributed by atoms with van der Waals surface area (Å²) >= 11 is 0. The van der Waals surface area contributed by atoms with Crippen LogP contribution in [0, 0.1) is 6.42 Å². The van der Waals surface area contributed by atoms with Crippen molar-refractivity contribution in [3.8, 4) is 0 Å². The first-order valence-electron chi connectivity index (χ1n) is 3.78. The van der Waals surface area contributed by atoms with E-state index < -0.39 is 0 Å². The molecule has 0 aromatic carbocycles. The van der Waals surface area contributed by atoms with Crippen molar-refractivity contribution in [1.82, 2.24) is 0 Å². The Morgan fingerprint density at radius 1 is 1.50 bits per heavy atom. The maximum atomic E-state index is 10.7. The SMILES string of the molecule is CC[CH]CCC(=O)OCC. The van der Waals surface area contributed by atoms with Crippen LogP contribution in [-0.4, -0.2) is 12.6 Å². The van der Waals surface area contributed by atoms with E-state index >= 15 is 0 Å². The molecule has 10 heavy (non-hydrogen) atoms. The van der Waals surface area contributed by atoms with Gasteiger partial charge in [0, 0.05) is 6.42 Å². The highest BCUT2D eigenvalue weighted by Gasteiger charge is 1.98. The number of carbonyl (C=O) groups excluding carboxylic acids is 1. The molecule has 0 saturated heterocycles. The minimum atomic E-state index is -0.0906. The Morgan fingerprint density at radius 2 is 2.20 bits per heavy atom. The molecule has 0 N–H and O–H groups in total. The van der Waals surface area contributed by atoms with Gasteiger partial charge in [-0.05, 0) is 19.8 Å². The summed E-state index contributed by atoms with van der Waals surface area (Å²) < 4.78 is 4.73. The van der Waals surface area contributed by atoms with E-state index in [4.69, 9.17) is 4.74 Å². The Kier molecular flexibility index (Phi) is 6.24. The minimum absolute atomic E-state index is 0.0906. The highest BCUT2D eigenvalue weighted by atomic mass is 16.5. The maximum absolute atomic E-state index is 10.7. The summed E-state index contributed by atoms with van der Waals surface area (Å²) in [6.45, 7) is 4.37. The molecule has 59 valence electrons. The Bertz CT molecular complexity index is 89.3. The van der Waals surface area contributed by atoms with Crippen molar-refractivity contribution in [2.45, 2.75) is 33.1 Å². The summed E-state index contributed by atoms with van der Waals surface area (Å²) in [6.07, 6.45) is 4.48. The van der Waals surface area contributed by atoms with E-state index in [1.807, 2.05) is 6.92 Å². The molecule has 0 amide bonds. The van der Waals surface area contributed by atoms with E-state index in [2.05, 4.69) is 13.3 Å². The maximum Gasteiger partial charge on any atom is 0.305 e. The molecule has 0 aliphatic heterocycles. The summed E-state index contributed by atoms with van der Waals surface area (Å²) in [5.41, 5.74) is 0. The van der Waals surface area contributed by atoms with E-state index in [1.54, 1.807) is 0 Å². The Morgan fingerprint density at radius 3 is 2.70 bits per heavy atom. The number of unbranched alkanes of at least 4 members (excludes halogenated alkanes) is 2. The molecule has 0 bridgehead atoms. The van der Waals surface area contributed by atoms with E-state index in [1.165, 1.54) is 0 Å². The van der Waals surface area contributed by atoms with Gasteiger partial charge in [-0.25, -0.2) is 0 Å². The largest absolute Gasteiger partial charge is 0.466 e. The Labute approximate surface area is 62.6 Å². The normalized spacial score (nSPS) is 9.40. The predicted octanol–water partition coefficient (Wildman–Crippen LogP) is 1.94. The first kappa shape index (κ1) is 9.47. The van der Waals surface area contributed by atoms with Gasteiger partial charge in [-0.15, -0.1) is 0 Å². The zero-order valence-corrected chi connectivity index (χ0v) is 6.72. The number of hydrogen-bond acceptors (Lipinski definition) is 2. The second kappa shape index (κ2) is 6.59. The lowest BCUT2D eigenvalue weighted by atomic mass is 10.2. The number of ether oxygens (including phenoxy) is 1. The first-order chi connectivity index (χ1) is 4.81. The van der Waals surface area contributed by atoms with E-state index in [0.717, 1.165) is 12.8 Å². The summed E-state index contributed by atoms with van der Waals surface area (Å²) in [5.74, 6) is -0.0906. The lowest BCUT2D eigenvalue weighted by Crippen LogP contribution is -2.02. The topological polar surface area (TPSA) is 26.3 Å². The molecule has 0 spiro atoms. The van der Waals surface area contributed by atoms with Gasteiger partial charge in [0.15, 0.2) is 0 Å². The fourth-order valence-corrected chi connectivity index (χ4v) is 0.657. The van der Waals surface area contributed by atoms with Crippen LogP contribution in [0.2, 0.25) is 0 Å². The highest BCUT2D eigenvalue weighted by Crippen LogP contribution is 1.98. The summed E-state index contributed by atoms with van der Waals surface area (Å²) in [7, 11) is 0. The third kappa shape index (κ3) is 5.60. The molecule has 0 saturated carbocycles. The van der Waals surface area contributed by atoms with Crippen molar-refractivity contribution in [2.75, 3.05) is 6.61 Å².